The fourth-order valence-electron chi connectivity index (χ4n) is 2.17. The molecule has 0 amide bonds. The fourth-order valence-corrected chi connectivity index (χ4v) is 2.17. The summed E-state index contributed by atoms with van der Waals surface area (Å²) in [4.78, 5) is 20.0. The van der Waals surface area contributed by atoms with Crippen LogP contribution < -0.4 is 10.6 Å². The van der Waals surface area contributed by atoms with Gasteiger partial charge in [0.25, 0.3) is 0 Å². The van der Waals surface area contributed by atoms with Crippen LogP contribution in [-0.4, -0.2) is 22.3 Å². The summed E-state index contributed by atoms with van der Waals surface area (Å²) in [5.41, 5.74) is 2.70. The van der Waals surface area contributed by atoms with Crippen LogP contribution in [0.2, 0.25) is 0 Å². The van der Waals surface area contributed by atoms with Gasteiger partial charge in [0.2, 0.25) is 0 Å². The van der Waals surface area contributed by atoms with Crippen LogP contribution in [-0.2, 0) is 0 Å². The Morgan fingerprint density at radius 3 is 2.37 bits per heavy atom. The first-order chi connectivity index (χ1) is 12.7. The lowest BCUT2D eigenvalue weighted by atomic mass is 9.97. The minimum absolute atomic E-state index is 0.0150. The molecular weight excluding hydrogens is 338 g/mol. The van der Waals surface area contributed by atoms with Crippen molar-refractivity contribution >= 4 is 23.1 Å². The van der Waals surface area contributed by atoms with E-state index >= 15 is 0 Å². The van der Waals surface area contributed by atoms with Gasteiger partial charge in [-0.2, -0.15) is 5.26 Å². The molecule has 0 atom stereocenters. The minimum atomic E-state index is -0.0150. The normalized spacial score (nSPS) is 10.3. The van der Waals surface area contributed by atoms with Crippen LogP contribution in [0, 0.1) is 23.7 Å². The molecule has 1 heterocycles. The second-order valence-electron chi connectivity index (χ2n) is 7.18. The Balaban J connectivity index is 0.00000176. The van der Waals surface area contributed by atoms with Crippen LogP contribution in [0.3, 0.4) is 0 Å². The van der Waals surface area contributed by atoms with Crippen molar-refractivity contribution in [2.75, 3.05) is 17.2 Å². The third-order valence-electron chi connectivity index (χ3n) is 3.64. The fraction of sp³-hybridized carbons (Fsp3) is 0.429. The first kappa shape index (κ1) is 22.1. The summed E-state index contributed by atoms with van der Waals surface area (Å²) in [5, 5.41) is 15.9. The minimum Gasteiger partial charge on any atom is -0.368 e. The van der Waals surface area contributed by atoms with Gasteiger partial charge in [0.15, 0.2) is 11.6 Å². The number of carbonyl (C=O) groups excluding carboxylic acids is 1. The highest BCUT2D eigenvalue weighted by Gasteiger charge is 2.16. The molecule has 2 aromatic rings. The molecule has 2 rings (SSSR count). The van der Waals surface area contributed by atoms with Gasteiger partial charge in [0.1, 0.15) is 23.8 Å². The van der Waals surface area contributed by atoms with E-state index in [2.05, 4.69) is 47.4 Å². The van der Waals surface area contributed by atoms with Gasteiger partial charge in [0.05, 0.1) is 0 Å². The van der Waals surface area contributed by atoms with Crippen molar-refractivity contribution in [2.45, 2.75) is 48.5 Å². The van der Waals surface area contributed by atoms with E-state index in [1.165, 1.54) is 13.3 Å². The Morgan fingerprint density at radius 1 is 1.19 bits per heavy atom. The summed E-state index contributed by atoms with van der Waals surface area (Å²) < 4.78 is 0. The summed E-state index contributed by atoms with van der Waals surface area (Å²) in [7, 11) is 0. The number of hydrogen-bond donors (Lipinski definition) is 2. The zero-order valence-electron chi connectivity index (χ0n) is 17.3. The largest absolute Gasteiger partial charge is 0.368 e. The van der Waals surface area contributed by atoms with E-state index in [1.807, 2.05) is 26.8 Å². The number of hydrogen-bond acceptors (Lipinski definition) is 6. The molecule has 0 aliphatic heterocycles. The molecule has 1 aromatic carbocycles. The Bertz CT molecular complexity index is 831. The number of nitrogens with zero attached hydrogens (tertiary/aromatic N) is 3. The van der Waals surface area contributed by atoms with E-state index in [0.717, 1.165) is 11.3 Å². The molecule has 1 aromatic heterocycles. The van der Waals surface area contributed by atoms with Crippen LogP contribution in [0.15, 0.2) is 24.5 Å². The van der Waals surface area contributed by atoms with Gasteiger partial charge in [-0.05, 0) is 30.9 Å². The number of Topliss-reactive ketones (excluding diaryl/α,β-unsaturated/α-hetero) is 1. The number of aryl methyl sites for hydroxylation is 1. The molecule has 6 nitrogen and oxygen atoms in total. The third kappa shape index (κ3) is 6.37. The van der Waals surface area contributed by atoms with Gasteiger partial charge in [-0.1, -0.05) is 46.8 Å². The Labute approximate surface area is 162 Å². The van der Waals surface area contributed by atoms with Gasteiger partial charge in [-0.15, -0.1) is 0 Å². The average Bonchev–Trinajstić information content (AvgIpc) is 2.62. The van der Waals surface area contributed by atoms with E-state index in [4.69, 9.17) is 0 Å². The van der Waals surface area contributed by atoms with Crippen LogP contribution in [0.25, 0.3) is 0 Å². The molecule has 0 fully saturated rings. The summed E-state index contributed by atoms with van der Waals surface area (Å²) >= 11 is 0. The second-order valence-corrected chi connectivity index (χ2v) is 7.18. The van der Waals surface area contributed by atoms with E-state index in [0.29, 0.717) is 29.3 Å². The van der Waals surface area contributed by atoms with E-state index in [9.17, 15) is 10.1 Å². The zero-order chi connectivity index (χ0) is 20.6. The third-order valence-corrected chi connectivity index (χ3v) is 3.64. The van der Waals surface area contributed by atoms with Crippen molar-refractivity contribution in [3.8, 4) is 6.07 Å². The van der Waals surface area contributed by atoms with Gasteiger partial charge in [-0.3, -0.25) is 4.79 Å². The highest BCUT2D eigenvalue weighted by molar-refractivity contribution is 5.95. The number of rotatable bonds is 5. The van der Waals surface area contributed by atoms with Gasteiger partial charge < -0.3 is 10.6 Å². The maximum absolute atomic E-state index is 11.6. The first-order valence-electron chi connectivity index (χ1n) is 9.09. The standard InChI is InChI=1S/C19H23N5O.C2H6/c1-12-6-7-14(13(2)25)8-16(12)24-18-15(9-20)17(22-11-23-18)21-10-19(3,4)5;1-2/h6-8,11H,10H2,1-5H3,(H2,21,22,23,24);1-2H3. The number of ketones is 1. The van der Waals surface area contributed by atoms with Crippen molar-refractivity contribution in [2.24, 2.45) is 5.41 Å². The monoisotopic (exact) mass is 367 g/mol. The molecule has 2 N–H and O–H groups in total. The summed E-state index contributed by atoms with van der Waals surface area (Å²) in [5.74, 6) is 0.895. The molecule has 0 spiro atoms. The molecule has 27 heavy (non-hydrogen) atoms. The highest BCUT2D eigenvalue weighted by Crippen LogP contribution is 2.26. The van der Waals surface area contributed by atoms with Gasteiger partial charge in [-0.25, -0.2) is 9.97 Å². The van der Waals surface area contributed by atoms with Gasteiger partial charge >= 0.3 is 0 Å². The number of nitrogens with one attached hydrogen (secondary N) is 2. The number of carbonyl (C=O) groups is 1. The van der Waals surface area contributed by atoms with Crippen LogP contribution >= 0.6 is 0 Å². The molecule has 0 radical (unpaired) electrons. The summed E-state index contributed by atoms with van der Waals surface area (Å²) in [6.07, 6.45) is 1.42. The first-order valence-corrected chi connectivity index (χ1v) is 9.09. The molecule has 0 aliphatic carbocycles. The van der Waals surface area contributed by atoms with Crippen LogP contribution in [0.1, 0.15) is 63.0 Å². The number of anilines is 3. The smallest absolute Gasteiger partial charge is 0.159 e. The Morgan fingerprint density at radius 2 is 1.81 bits per heavy atom. The molecule has 0 aliphatic rings. The molecule has 144 valence electrons. The lowest BCUT2D eigenvalue weighted by molar-refractivity contribution is 0.101. The second kappa shape index (κ2) is 9.67. The Kier molecular flexibility index (Phi) is 7.92. The average molecular weight is 367 g/mol. The molecule has 6 heteroatoms. The maximum atomic E-state index is 11.6. The van der Waals surface area contributed by atoms with Crippen molar-refractivity contribution < 1.29 is 4.79 Å². The zero-order valence-corrected chi connectivity index (χ0v) is 17.3. The van der Waals surface area contributed by atoms with Crippen LogP contribution in [0.4, 0.5) is 17.3 Å². The number of aromatic nitrogens is 2. The van der Waals surface area contributed by atoms with Crippen molar-refractivity contribution in [1.29, 1.82) is 5.26 Å². The van der Waals surface area contributed by atoms with Gasteiger partial charge in [0, 0.05) is 17.8 Å². The molecular formula is C21H29N5O. The summed E-state index contributed by atoms with van der Waals surface area (Å²) in [6, 6.07) is 7.58. The number of nitriles is 1. The van der Waals surface area contributed by atoms with E-state index in [-0.39, 0.29) is 11.2 Å². The maximum Gasteiger partial charge on any atom is 0.159 e. The topological polar surface area (TPSA) is 90.7 Å². The predicted molar refractivity (Wildman–Crippen MR) is 111 cm³/mol. The van der Waals surface area contributed by atoms with E-state index < -0.39 is 0 Å². The molecule has 0 saturated carbocycles. The van der Waals surface area contributed by atoms with Crippen molar-refractivity contribution in [3.63, 3.8) is 0 Å². The number of benzene rings is 1. The Hall–Kier alpha value is -2.94. The predicted octanol–water partition coefficient (Wildman–Crippen LogP) is 5.09. The van der Waals surface area contributed by atoms with Crippen LogP contribution in [0.5, 0.6) is 0 Å². The SMILES string of the molecule is CC.CC(=O)c1ccc(C)c(Nc2ncnc(NCC(C)(C)C)c2C#N)c1. The quantitative estimate of drug-likeness (QED) is 0.716. The lowest BCUT2D eigenvalue weighted by Crippen LogP contribution is -2.20. The van der Waals surface area contributed by atoms with E-state index in [1.54, 1.807) is 12.1 Å². The highest BCUT2D eigenvalue weighted by atomic mass is 16.1. The molecule has 0 saturated heterocycles. The summed E-state index contributed by atoms with van der Waals surface area (Å²) in [6.45, 7) is 14.4. The molecule has 0 unspecified atom stereocenters. The lowest BCUT2D eigenvalue weighted by Gasteiger charge is -2.20. The van der Waals surface area contributed by atoms with Crippen molar-refractivity contribution in [1.82, 2.24) is 9.97 Å². The molecule has 0 bridgehead atoms. The van der Waals surface area contributed by atoms with Crippen molar-refractivity contribution in [3.05, 3.63) is 41.2 Å².